The van der Waals surface area contributed by atoms with Crippen molar-refractivity contribution in [1.29, 1.82) is 0 Å². The molecule has 0 aromatic heterocycles. The predicted molar refractivity (Wildman–Crippen MR) is 137 cm³/mol. The van der Waals surface area contributed by atoms with Gasteiger partial charge in [-0.15, -0.1) is 0 Å². The molecule has 0 saturated carbocycles. The maximum absolute atomic E-state index is 13.5. The zero-order valence-electron chi connectivity index (χ0n) is 19.1. The SMILES string of the molecule is C[C@@H]1Cc2ccccc2N1S(=O)(=O)c1cccc(C(=O)Nc2ccc(Oc3ccccc3)cc2)c1. The molecule has 1 N–H and O–H groups in total. The van der Waals surface area contributed by atoms with Crippen molar-refractivity contribution in [3.8, 4) is 11.5 Å². The molecule has 0 unspecified atom stereocenters. The Morgan fingerprint density at radius 2 is 1.54 bits per heavy atom. The predicted octanol–water partition coefficient (Wildman–Crippen LogP) is 5.87. The molecule has 1 aliphatic rings. The Balaban J connectivity index is 1.33. The number of sulfonamides is 1. The first kappa shape index (κ1) is 22.7. The van der Waals surface area contributed by atoms with Crippen molar-refractivity contribution in [3.05, 3.63) is 114 Å². The van der Waals surface area contributed by atoms with Crippen LogP contribution in [0.25, 0.3) is 0 Å². The van der Waals surface area contributed by atoms with Crippen LogP contribution >= 0.6 is 0 Å². The average Bonchev–Trinajstić information content (AvgIpc) is 3.22. The summed E-state index contributed by atoms with van der Waals surface area (Å²) in [5.74, 6) is 0.966. The molecule has 5 rings (SSSR count). The Morgan fingerprint density at radius 3 is 2.31 bits per heavy atom. The standard InChI is InChI=1S/C28H24N2O4S/c1-20-18-21-8-5-6-13-27(21)30(20)35(32,33)26-12-7-9-22(19-26)28(31)29-23-14-16-25(17-15-23)34-24-10-3-2-4-11-24/h2-17,19-20H,18H2,1H3,(H,29,31)/t20-/m1/s1. The number of rotatable bonds is 6. The Kier molecular flexibility index (Phi) is 6.01. The van der Waals surface area contributed by atoms with E-state index in [1.165, 1.54) is 16.4 Å². The number of fused-ring (bicyclic) bond motifs is 1. The van der Waals surface area contributed by atoms with Crippen molar-refractivity contribution < 1.29 is 17.9 Å². The highest BCUT2D eigenvalue weighted by Gasteiger charge is 2.36. The van der Waals surface area contributed by atoms with E-state index in [-0.39, 0.29) is 16.5 Å². The van der Waals surface area contributed by atoms with Gasteiger partial charge in [0.15, 0.2) is 0 Å². The van der Waals surface area contributed by atoms with Gasteiger partial charge >= 0.3 is 0 Å². The largest absolute Gasteiger partial charge is 0.457 e. The maximum atomic E-state index is 13.5. The minimum absolute atomic E-state index is 0.0836. The van der Waals surface area contributed by atoms with Crippen LogP contribution < -0.4 is 14.4 Å². The number of nitrogens with zero attached hydrogens (tertiary/aromatic N) is 1. The molecule has 0 saturated heterocycles. The summed E-state index contributed by atoms with van der Waals surface area (Å²) in [7, 11) is -3.83. The number of nitrogens with one attached hydrogen (secondary N) is 1. The Morgan fingerprint density at radius 1 is 0.857 bits per heavy atom. The number of anilines is 2. The van der Waals surface area contributed by atoms with Crippen molar-refractivity contribution in [1.82, 2.24) is 0 Å². The summed E-state index contributed by atoms with van der Waals surface area (Å²) >= 11 is 0. The maximum Gasteiger partial charge on any atom is 0.264 e. The first-order chi connectivity index (χ1) is 16.9. The van der Waals surface area contributed by atoms with Gasteiger partial charge < -0.3 is 10.1 Å². The van der Waals surface area contributed by atoms with Gasteiger partial charge in [0.05, 0.1) is 10.6 Å². The molecule has 1 heterocycles. The number of carbonyl (C=O) groups excluding carboxylic acids is 1. The molecule has 0 bridgehead atoms. The molecule has 7 heteroatoms. The van der Waals surface area contributed by atoms with Crippen LogP contribution in [0.1, 0.15) is 22.8 Å². The van der Waals surface area contributed by atoms with Crippen LogP contribution in [0, 0.1) is 0 Å². The molecule has 0 fully saturated rings. The minimum atomic E-state index is -3.83. The zero-order chi connectivity index (χ0) is 24.4. The molecule has 0 radical (unpaired) electrons. The van der Waals surface area contributed by atoms with E-state index in [1.807, 2.05) is 61.5 Å². The lowest BCUT2D eigenvalue weighted by molar-refractivity contribution is 0.102. The summed E-state index contributed by atoms with van der Waals surface area (Å²) in [6, 6.07) is 29.8. The van der Waals surface area contributed by atoms with E-state index in [9.17, 15) is 13.2 Å². The van der Waals surface area contributed by atoms with Gasteiger partial charge in [0.1, 0.15) is 11.5 Å². The van der Waals surface area contributed by atoms with Crippen molar-refractivity contribution in [2.24, 2.45) is 0 Å². The number of benzene rings is 4. The highest BCUT2D eigenvalue weighted by atomic mass is 32.2. The Hall–Kier alpha value is -4.10. The zero-order valence-corrected chi connectivity index (χ0v) is 19.9. The third-order valence-corrected chi connectivity index (χ3v) is 7.81. The Bertz CT molecular complexity index is 1470. The van der Waals surface area contributed by atoms with Crippen LogP contribution in [0.5, 0.6) is 11.5 Å². The summed E-state index contributed by atoms with van der Waals surface area (Å²) in [6.45, 7) is 1.89. The van der Waals surface area contributed by atoms with Crippen molar-refractivity contribution in [2.75, 3.05) is 9.62 Å². The van der Waals surface area contributed by atoms with Gasteiger partial charge in [0, 0.05) is 17.3 Å². The first-order valence-electron chi connectivity index (χ1n) is 11.3. The smallest absolute Gasteiger partial charge is 0.264 e. The van der Waals surface area contributed by atoms with Gasteiger partial charge in [0.25, 0.3) is 15.9 Å². The van der Waals surface area contributed by atoms with E-state index in [2.05, 4.69) is 5.32 Å². The summed E-state index contributed by atoms with van der Waals surface area (Å²) in [4.78, 5) is 13.0. The summed E-state index contributed by atoms with van der Waals surface area (Å²) < 4.78 is 34.2. The fourth-order valence-electron chi connectivity index (χ4n) is 4.25. The van der Waals surface area contributed by atoms with Crippen LogP contribution in [0.2, 0.25) is 0 Å². The summed E-state index contributed by atoms with van der Waals surface area (Å²) in [5, 5.41) is 2.82. The summed E-state index contributed by atoms with van der Waals surface area (Å²) in [5.41, 5.74) is 2.52. The normalized spacial score (nSPS) is 14.9. The second-order valence-corrected chi connectivity index (χ2v) is 10.2. The van der Waals surface area contributed by atoms with E-state index in [4.69, 9.17) is 4.74 Å². The number of ether oxygens (including phenoxy) is 1. The van der Waals surface area contributed by atoms with Gasteiger partial charge in [-0.3, -0.25) is 9.10 Å². The average molecular weight is 485 g/mol. The van der Waals surface area contributed by atoms with Crippen LogP contribution in [0.4, 0.5) is 11.4 Å². The third kappa shape index (κ3) is 4.63. The lowest BCUT2D eigenvalue weighted by atomic mass is 10.1. The van der Waals surface area contributed by atoms with E-state index >= 15 is 0 Å². The van der Waals surface area contributed by atoms with Gasteiger partial charge in [0.2, 0.25) is 0 Å². The fraction of sp³-hybridized carbons (Fsp3) is 0.107. The highest BCUT2D eigenvalue weighted by molar-refractivity contribution is 7.92. The van der Waals surface area contributed by atoms with Crippen molar-refractivity contribution in [2.45, 2.75) is 24.3 Å². The number of hydrogen-bond donors (Lipinski definition) is 1. The van der Waals surface area contributed by atoms with Gasteiger partial charge in [-0.25, -0.2) is 8.42 Å². The molecule has 4 aromatic rings. The quantitative estimate of drug-likeness (QED) is 0.371. The number of para-hydroxylation sites is 2. The van der Waals surface area contributed by atoms with E-state index in [0.29, 0.717) is 23.5 Å². The van der Waals surface area contributed by atoms with Crippen LogP contribution in [0.3, 0.4) is 0 Å². The van der Waals surface area contributed by atoms with Crippen LogP contribution in [0.15, 0.2) is 108 Å². The molecule has 0 aliphatic carbocycles. The number of hydrogen-bond acceptors (Lipinski definition) is 4. The second kappa shape index (κ2) is 9.27. The molecule has 176 valence electrons. The van der Waals surface area contributed by atoms with Gasteiger partial charge in [-0.1, -0.05) is 42.5 Å². The molecule has 1 amide bonds. The Labute approximate surface area is 204 Å². The lowest BCUT2D eigenvalue weighted by Crippen LogP contribution is -2.35. The number of carbonyl (C=O) groups is 1. The molecule has 1 atom stereocenters. The number of amides is 1. The minimum Gasteiger partial charge on any atom is -0.457 e. The highest BCUT2D eigenvalue weighted by Crippen LogP contribution is 2.36. The molecule has 6 nitrogen and oxygen atoms in total. The first-order valence-corrected chi connectivity index (χ1v) is 12.7. The third-order valence-electron chi connectivity index (χ3n) is 5.89. The van der Waals surface area contributed by atoms with Crippen LogP contribution in [-0.4, -0.2) is 20.4 Å². The molecular formula is C28H24N2O4S. The van der Waals surface area contributed by atoms with Gasteiger partial charge in [-0.05, 0) is 79.6 Å². The summed E-state index contributed by atoms with van der Waals surface area (Å²) in [6.07, 6.45) is 0.652. The molecule has 0 spiro atoms. The van der Waals surface area contributed by atoms with Crippen LogP contribution in [-0.2, 0) is 16.4 Å². The van der Waals surface area contributed by atoms with E-state index in [0.717, 1.165) is 11.3 Å². The van der Waals surface area contributed by atoms with E-state index in [1.54, 1.807) is 36.4 Å². The molecule has 35 heavy (non-hydrogen) atoms. The second-order valence-electron chi connectivity index (χ2n) is 8.40. The topological polar surface area (TPSA) is 75.7 Å². The van der Waals surface area contributed by atoms with Gasteiger partial charge in [-0.2, -0.15) is 0 Å². The monoisotopic (exact) mass is 484 g/mol. The molecular weight excluding hydrogens is 460 g/mol. The van der Waals surface area contributed by atoms with Crippen molar-refractivity contribution >= 4 is 27.3 Å². The molecule has 1 aliphatic heterocycles. The molecule has 4 aromatic carbocycles. The fourth-order valence-corrected chi connectivity index (χ4v) is 5.99. The van der Waals surface area contributed by atoms with Crippen molar-refractivity contribution in [3.63, 3.8) is 0 Å². The van der Waals surface area contributed by atoms with E-state index < -0.39 is 15.9 Å². The lowest BCUT2D eigenvalue weighted by Gasteiger charge is -2.24.